The van der Waals surface area contributed by atoms with Crippen molar-refractivity contribution in [2.75, 3.05) is 19.8 Å². The summed E-state index contributed by atoms with van der Waals surface area (Å²) < 4.78 is 32.5. The Morgan fingerprint density at radius 2 is 2.29 bits per heavy atom. The highest BCUT2D eigenvalue weighted by molar-refractivity contribution is 7.89. The summed E-state index contributed by atoms with van der Waals surface area (Å²) in [5.74, 6) is 0.273. The van der Waals surface area contributed by atoms with Gasteiger partial charge in [-0.2, -0.15) is 0 Å². The smallest absolute Gasteiger partial charge is 0.242 e. The van der Waals surface area contributed by atoms with Crippen molar-refractivity contribution in [3.8, 4) is 0 Å². The van der Waals surface area contributed by atoms with Crippen molar-refractivity contribution in [3.05, 3.63) is 18.0 Å². The molecule has 1 aliphatic heterocycles. The van der Waals surface area contributed by atoms with Crippen molar-refractivity contribution in [2.45, 2.75) is 44.2 Å². The number of aromatic nitrogens is 1. The summed E-state index contributed by atoms with van der Waals surface area (Å²) in [6.07, 6.45) is 3.55. The molecule has 0 aromatic carbocycles. The Kier molecular flexibility index (Phi) is 5.80. The molecule has 0 bridgehead atoms. The van der Waals surface area contributed by atoms with Crippen molar-refractivity contribution in [1.82, 2.24) is 15.0 Å². The second-order valence-electron chi connectivity index (χ2n) is 5.83. The lowest BCUT2D eigenvalue weighted by Crippen LogP contribution is -2.33. The van der Waals surface area contributed by atoms with Gasteiger partial charge in [-0.1, -0.05) is 13.8 Å². The largest absolute Gasteiger partial charge is 0.381 e. The van der Waals surface area contributed by atoms with E-state index in [1.165, 1.54) is 6.20 Å². The summed E-state index contributed by atoms with van der Waals surface area (Å²) in [5.41, 5.74) is 0.866. The molecule has 6 nitrogen and oxygen atoms in total. The van der Waals surface area contributed by atoms with E-state index in [0.717, 1.165) is 25.1 Å². The minimum Gasteiger partial charge on any atom is -0.381 e. The van der Waals surface area contributed by atoms with Gasteiger partial charge in [-0.3, -0.25) is 0 Å². The fourth-order valence-corrected chi connectivity index (χ4v) is 3.40. The molecule has 1 saturated heterocycles. The number of aromatic amines is 1. The summed E-state index contributed by atoms with van der Waals surface area (Å²) in [5, 5.41) is 3.25. The van der Waals surface area contributed by atoms with E-state index >= 15 is 0 Å². The summed E-state index contributed by atoms with van der Waals surface area (Å²) in [6, 6.07) is 2.03. The molecule has 120 valence electrons. The monoisotopic (exact) mass is 315 g/mol. The molecule has 3 N–H and O–H groups in total. The van der Waals surface area contributed by atoms with E-state index in [9.17, 15) is 8.42 Å². The number of nitrogens with one attached hydrogen (secondary N) is 3. The molecule has 7 heteroatoms. The molecular formula is C14H25N3O3S. The summed E-state index contributed by atoms with van der Waals surface area (Å²) in [4.78, 5) is 3.29. The van der Waals surface area contributed by atoms with Crippen LogP contribution in [0, 0.1) is 5.92 Å². The Morgan fingerprint density at radius 1 is 1.48 bits per heavy atom. The Balaban J connectivity index is 1.89. The molecule has 1 fully saturated rings. The van der Waals surface area contributed by atoms with Gasteiger partial charge in [-0.25, -0.2) is 13.1 Å². The lowest BCUT2D eigenvalue weighted by molar-refractivity contribution is 0.0568. The third-order valence-corrected chi connectivity index (χ3v) is 4.95. The van der Waals surface area contributed by atoms with Gasteiger partial charge in [0.05, 0.1) is 11.5 Å². The first-order valence-electron chi connectivity index (χ1n) is 7.45. The predicted octanol–water partition coefficient (Wildman–Crippen LogP) is 1.22. The normalized spacial score (nSPS) is 20.0. The zero-order valence-electron chi connectivity index (χ0n) is 12.7. The maximum atomic E-state index is 12.2. The van der Waals surface area contributed by atoms with Gasteiger partial charge in [0.2, 0.25) is 10.0 Å². The molecule has 1 aromatic heterocycles. The van der Waals surface area contributed by atoms with Crippen LogP contribution in [0.1, 0.15) is 32.4 Å². The number of hydrogen-bond donors (Lipinski definition) is 3. The van der Waals surface area contributed by atoms with Crippen LogP contribution in [0.25, 0.3) is 0 Å². The molecule has 1 aromatic rings. The standard InChI is InChI=1S/C14H25N3O3S/c1-11(2)15-8-13-6-14(9-16-13)21(18,19)17-7-12-4-3-5-20-10-12/h6,9,11-12,15-17H,3-5,7-8,10H2,1-2H3. The van der Waals surface area contributed by atoms with Crippen LogP contribution in [0.4, 0.5) is 0 Å². The van der Waals surface area contributed by atoms with Crippen LogP contribution in [0.2, 0.25) is 0 Å². The average molecular weight is 315 g/mol. The summed E-state index contributed by atoms with van der Waals surface area (Å²) in [6.45, 7) is 6.59. The first-order valence-corrected chi connectivity index (χ1v) is 8.94. The quantitative estimate of drug-likeness (QED) is 0.706. The average Bonchev–Trinajstić information content (AvgIpc) is 2.94. The van der Waals surface area contributed by atoms with Gasteiger partial charge in [0.15, 0.2) is 0 Å². The number of ether oxygens (including phenoxy) is 1. The SMILES string of the molecule is CC(C)NCc1cc(S(=O)(=O)NCC2CCCOC2)c[nH]1. The number of sulfonamides is 1. The van der Waals surface area contributed by atoms with Gasteiger partial charge in [0, 0.05) is 37.6 Å². The van der Waals surface area contributed by atoms with Crippen LogP contribution in [-0.4, -0.2) is 39.2 Å². The second kappa shape index (κ2) is 7.40. The highest BCUT2D eigenvalue weighted by Crippen LogP contribution is 2.15. The molecule has 0 aliphatic carbocycles. The molecule has 1 aliphatic rings. The third kappa shape index (κ3) is 5.10. The van der Waals surface area contributed by atoms with Crippen LogP contribution >= 0.6 is 0 Å². The number of H-pyrrole nitrogens is 1. The van der Waals surface area contributed by atoms with E-state index in [0.29, 0.717) is 30.6 Å². The van der Waals surface area contributed by atoms with E-state index in [1.54, 1.807) is 6.07 Å². The van der Waals surface area contributed by atoms with Gasteiger partial charge >= 0.3 is 0 Å². The maximum Gasteiger partial charge on any atom is 0.242 e. The molecule has 1 unspecified atom stereocenters. The van der Waals surface area contributed by atoms with Crippen LogP contribution in [-0.2, 0) is 21.3 Å². The Morgan fingerprint density at radius 3 is 2.95 bits per heavy atom. The fourth-order valence-electron chi connectivity index (χ4n) is 2.27. The van der Waals surface area contributed by atoms with Gasteiger partial charge in [-0.05, 0) is 24.8 Å². The van der Waals surface area contributed by atoms with Crippen molar-refractivity contribution < 1.29 is 13.2 Å². The Labute approximate surface area is 126 Å². The van der Waals surface area contributed by atoms with Crippen LogP contribution in [0.5, 0.6) is 0 Å². The topological polar surface area (TPSA) is 83.2 Å². The fraction of sp³-hybridized carbons (Fsp3) is 0.714. The molecule has 0 spiro atoms. The second-order valence-corrected chi connectivity index (χ2v) is 7.60. The molecular weight excluding hydrogens is 290 g/mol. The zero-order valence-corrected chi connectivity index (χ0v) is 13.5. The van der Waals surface area contributed by atoms with E-state index < -0.39 is 10.0 Å². The summed E-state index contributed by atoms with van der Waals surface area (Å²) in [7, 11) is -3.44. The molecule has 0 saturated carbocycles. The number of rotatable bonds is 7. The maximum absolute atomic E-state index is 12.2. The van der Waals surface area contributed by atoms with Gasteiger partial charge in [0.1, 0.15) is 0 Å². The van der Waals surface area contributed by atoms with Gasteiger partial charge < -0.3 is 15.0 Å². The van der Waals surface area contributed by atoms with Crippen molar-refractivity contribution in [1.29, 1.82) is 0 Å². The van der Waals surface area contributed by atoms with E-state index in [2.05, 4.69) is 15.0 Å². The first-order chi connectivity index (χ1) is 9.97. The highest BCUT2D eigenvalue weighted by Gasteiger charge is 2.20. The van der Waals surface area contributed by atoms with Gasteiger partial charge in [0.25, 0.3) is 0 Å². The first kappa shape index (κ1) is 16.5. The lowest BCUT2D eigenvalue weighted by atomic mass is 10.0. The van der Waals surface area contributed by atoms with E-state index in [-0.39, 0.29) is 5.92 Å². The molecule has 2 heterocycles. The van der Waals surface area contributed by atoms with Crippen LogP contribution in [0.15, 0.2) is 17.2 Å². The van der Waals surface area contributed by atoms with E-state index in [1.807, 2.05) is 13.8 Å². The minimum absolute atomic E-state index is 0.273. The molecule has 0 amide bonds. The van der Waals surface area contributed by atoms with Crippen molar-refractivity contribution in [2.24, 2.45) is 5.92 Å². The highest BCUT2D eigenvalue weighted by atomic mass is 32.2. The van der Waals surface area contributed by atoms with Crippen LogP contribution < -0.4 is 10.0 Å². The molecule has 0 radical (unpaired) electrons. The van der Waals surface area contributed by atoms with Crippen LogP contribution in [0.3, 0.4) is 0 Å². The number of hydrogen-bond acceptors (Lipinski definition) is 4. The minimum atomic E-state index is -3.44. The van der Waals surface area contributed by atoms with Crippen molar-refractivity contribution >= 4 is 10.0 Å². The van der Waals surface area contributed by atoms with Crippen molar-refractivity contribution in [3.63, 3.8) is 0 Å². The lowest BCUT2D eigenvalue weighted by Gasteiger charge is -2.21. The zero-order chi connectivity index (χ0) is 15.3. The third-order valence-electron chi connectivity index (χ3n) is 3.54. The summed E-state index contributed by atoms with van der Waals surface area (Å²) >= 11 is 0. The van der Waals surface area contributed by atoms with Gasteiger partial charge in [-0.15, -0.1) is 0 Å². The Bertz CT molecular complexity index is 533. The molecule has 21 heavy (non-hydrogen) atoms. The molecule has 2 rings (SSSR count). The Hall–Kier alpha value is -0.890. The van der Waals surface area contributed by atoms with E-state index in [4.69, 9.17) is 4.74 Å². The predicted molar refractivity (Wildman–Crippen MR) is 81.5 cm³/mol. The molecule has 1 atom stereocenters.